The predicted molar refractivity (Wildman–Crippen MR) is 76.5 cm³/mol. The first kappa shape index (κ1) is 13.0. The Balaban J connectivity index is 2.56. The average Bonchev–Trinajstić information content (AvgIpc) is 2.61. The lowest BCUT2D eigenvalue weighted by atomic mass is 10.00. The van der Waals surface area contributed by atoms with Gasteiger partial charge in [-0.15, -0.1) is 0 Å². The van der Waals surface area contributed by atoms with E-state index in [1.807, 2.05) is 6.07 Å². The number of nitrogen functional groups attached to an aromatic ring is 1. The second-order valence-corrected chi connectivity index (χ2v) is 5.48. The molecule has 1 heterocycles. The summed E-state index contributed by atoms with van der Waals surface area (Å²) in [5.41, 5.74) is 8.17. The Labute approximate surface area is 115 Å². The molecule has 0 fully saturated rings. The molecule has 1 aromatic carbocycles. The lowest BCUT2D eigenvalue weighted by molar-refractivity contribution is 0.475. The van der Waals surface area contributed by atoms with Crippen molar-refractivity contribution in [1.82, 2.24) is 9.78 Å². The summed E-state index contributed by atoms with van der Waals surface area (Å²) >= 11 is 3.53. The van der Waals surface area contributed by atoms with Crippen molar-refractivity contribution in [1.29, 1.82) is 0 Å². The van der Waals surface area contributed by atoms with Gasteiger partial charge in [0.05, 0.1) is 5.69 Å². The number of hydrogen-bond donors (Lipinski definition) is 2. The number of rotatable bonds is 2. The standard InChI is InChI=1S/C13H16BrN3O/c1-7(2)8-5-12(18)9(4-10(8)14)11-6-13(15)17(3)16-11/h4-7,18H,15H2,1-3H3. The Morgan fingerprint density at radius 2 is 2.00 bits per heavy atom. The number of aryl methyl sites for hydroxylation is 1. The van der Waals surface area contributed by atoms with Crippen LogP contribution in [0.4, 0.5) is 5.82 Å². The molecule has 0 spiro atoms. The van der Waals surface area contributed by atoms with E-state index in [0.29, 0.717) is 23.0 Å². The van der Waals surface area contributed by atoms with Gasteiger partial charge in [0.25, 0.3) is 0 Å². The van der Waals surface area contributed by atoms with Gasteiger partial charge in [0.2, 0.25) is 0 Å². The molecule has 0 aliphatic carbocycles. The zero-order valence-electron chi connectivity index (χ0n) is 10.6. The number of halogens is 1. The quantitative estimate of drug-likeness (QED) is 0.895. The van der Waals surface area contributed by atoms with E-state index in [1.165, 1.54) is 0 Å². The number of anilines is 1. The molecular formula is C13H16BrN3O. The average molecular weight is 310 g/mol. The van der Waals surface area contributed by atoms with Crippen LogP contribution in [0.2, 0.25) is 0 Å². The van der Waals surface area contributed by atoms with Crippen molar-refractivity contribution in [2.45, 2.75) is 19.8 Å². The van der Waals surface area contributed by atoms with Gasteiger partial charge in [0, 0.05) is 23.2 Å². The third-order valence-corrected chi connectivity index (χ3v) is 3.62. The number of phenols is 1. The van der Waals surface area contributed by atoms with Gasteiger partial charge in [-0.05, 0) is 23.6 Å². The van der Waals surface area contributed by atoms with E-state index in [-0.39, 0.29) is 5.75 Å². The Morgan fingerprint density at radius 1 is 1.33 bits per heavy atom. The fraction of sp³-hybridized carbons (Fsp3) is 0.308. The summed E-state index contributed by atoms with van der Waals surface area (Å²) in [7, 11) is 1.77. The number of benzene rings is 1. The van der Waals surface area contributed by atoms with Crippen molar-refractivity contribution in [3.8, 4) is 17.0 Å². The number of phenolic OH excluding ortho intramolecular Hbond substituents is 1. The summed E-state index contributed by atoms with van der Waals surface area (Å²) in [6, 6.07) is 5.40. The normalized spacial score (nSPS) is 11.2. The second-order valence-electron chi connectivity index (χ2n) is 4.62. The van der Waals surface area contributed by atoms with E-state index in [4.69, 9.17) is 5.73 Å². The van der Waals surface area contributed by atoms with Gasteiger partial charge >= 0.3 is 0 Å². The summed E-state index contributed by atoms with van der Waals surface area (Å²) in [6.07, 6.45) is 0. The van der Waals surface area contributed by atoms with E-state index in [9.17, 15) is 5.11 Å². The van der Waals surface area contributed by atoms with Crippen LogP contribution < -0.4 is 5.73 Å². The lowest BCUT2D eigenvalue weighted by Crippen LogP contribution is -1.96. The summed E-state index contributed by atoms with van der Waals surface area (Å²) in [5.74, 6) is 1.13. The van der Waals surface area contributed by atoms with Crippen molar-refractivity contribution < 1.29 is 5.11 Å². The SMILES string of the molecule is CC(C)c1cc(O)c(-c2cc(N)n(C)n2)cc1Br. The third-order valence-electron chi connectivity index (χ3n) is 2.93. The minimum Gasteiger partial charge on any atom is -0.507 e. The number of hydrogen-bond acceptors (Lipinski definition) is 3. The van der Waals surface area contributed by atoms with Crippen LogP contribution in [0.1, 0.15) is 25.3 Å². The number of nitrogens with zero attached hydrogens (tertiary/aromatic N) is 2. The third kappa shape index (κ3) is 2.22. The van der Waals surface area contributed by atoms with E-state index in [0.717, 1.165) is 10.0 Å². The molecule has 3 N–H and O–H groups in total. The molecule has 0 radical (unpaired) electrons. The molecule has 0 atom stereocenters. The van der Waals surface area contributed by atoms with Gasteiger partial charge < -0.3 is 10.8 Å². The van der Waals surface area contributed by atoms with Crippen LogP contribution in [0.5, 0.6) is 5.75 Å². The van der Waals surface area contributed by atoms with Gasteiger partial charge in [-0.3, -0.25) is 4.68 Å². The summed E-state index contributed by atoms with van der Waals surface area (Å²) < 4.78 is 2.55. The minimum atomic E-state index is 0.222. The molecule has 0 saturated heterocycles. The van der Waals surface area contributed by atoms with Crippen molar-refractivity contribution in [2.75, 3.05) is 5.73 Å². The highest BCUT2D eigenvalue weighted by molar-refractivity contribution is 9.10. The van der Waals surface area contributed by atoms with Crippen LogP contribution in [0.25, 0.3) is 11.3 Å². The number of aromatic hydroxyl groups is 1. The number of aromatic nitrogens is 2. The van der Waals surface area contributed by atoms with Gasteiger partial charge in [-0.2, -0.15) is 5.10 Å². The molecule has 96 valence electrons. The van der Waals surface area contributed by atoms with Gasteiger partial charge in [0.15, 0.2) is 0 Å². The lowest BCUT2D eigenvalue weighted by Gasteiger charge is -2.11. The maximum atomic E-state index is 10.1. The van der Waals surface area contributed by atoms with Crippen LogP contribution in [-0.2, 0) is 7.05 Å². The molecule has 0 aliphatic heterocycles. The van der Waals surface area contributed by atoms with Crippen LogP contribution in [0.15, 0.2) is 22.7 Å². The largest absolute Gasteiger partial charge is 0.507 e. The first-order valence-electron chi connectivity index (χ1n) is 5.72. The maximum Gasteiger partial charge on any atom is 0.125 e. The van der Waals surface area contributed by atoms with Crippen molar-refractivity contribution in [3.63, 3.8) is 0 Å². The van der Waals surface area contributed by atoms with E-state index in [1.54, 1.807) is 23.9 Å². The minimum absolute atomic E-state index is 0.222. The van der Waals surface area contributed by atoms with Gasteiger partial charge in [0.1, 0.15) is 11.6 Å². The molecule has 2 rings (SSSR count). The molecule has 4 nitrogen and oxygen atoms in total. The van der Waals surface area contributed by atoms with Crippen molar-refractivity contribution in [2.24, 2.45) is 7.05 Å². The Bertz CT molecular complexity index is 571. The van der Waals surface area contributed by atoms with E-state index in [2.05, 4.69) is 34.9 Å². The van der Waals surface area contributed by atoms with Crippen molar-refractivity contribution >= 4 is 21.7 Å². The molecule has 0 bridgehead atoms. The molecule has 0 unspecified atom stereocenters. The van der Waals surface area contributed by atoms with Crippen LogP contribution >= 0.6 is 15.9 Å². The molecule has 1 aromatic heterocycles. The summed E-state index contributed by atoms with van der Waals surface area (Å²) in [5, 5.41) is 14.4. The van der Waals surface area contributed by atoms with Crippen LogP contribution in [-0.4, -0.2) is 14.9 Å². The summed E-state index contributed by atoms with van der Waals surface area (Å²) in [6.45, 7) is 4.16. The van der Waals surface area contributed by atoms with Gasteiger partial charge in [-0.1, -0.05) is 29.8 Å². The molecule has 2 aromatic rings. The second kappa shape index (κ2) is 4.65. The highest BCUT2D eigenvalue weighted by Gasteiger charge is 2.14. The Morgan fingerprint density at radius 3 is 2.50 bits per heavy atom. The topological polar surface area (TPSA) is 64.1 Å². The molecule has 0 amide bonds. The van der Waals surface area contributed by atoms with Crippen LogP contribution in [0.3, 0.4) is 0 Å². The molecule has 0 aliphatic rings. The Hall–Kier alpha value is -1.49. The fourth-order valence-electron chi connectivity index (χ4n) is 1.84. The highest BCUT2D eigenvalue weighted by atomic mass is 79.9. The first-order chi connectivity index (χ1) is 8.40. The molecule has 5 heteroatoms. The maximum absolute atomic E-state index is 10.1. The smallest absolute Gasteiger partial charge is 0.125 e. The van der Waals surface area contributed by atoms with E-state index >= 15 is 0 Å². The first-order valence-corrected chi connectivity index (χ1v) is 6.51. The highest BCUT2D eigenvalue weighted by Crippen LogP contribution is 2.36. The fourth-order valence-corrected chi connectivity index (χ4v) is 2.64. The van der Waals surface area contributed by atoms with Gasteiger partial charge in [-0.25, -0.2) is 0 Å². The monoisotopic (exact) mass is 309 g/mol. The molecular weight excluding hydrogens is 294 g/mol. The van der Waals surface area contributed by atoms with E-state index < -0.39 is 0 Å². The predicted octanol–water partition coefficient (Wildman–Crippen LogP) is 3.26. The summed E-state index contributed by atoms with van der Waals surface area (Å²) in [4.78, 5) is 0. The molecule has 18 heavy (non-hydrogen) atoms. The zero-order valence-corrected chi connectivity index (χ0v) is 12.2. The Kier molecular flexibility index (Phi) is 3.34. The van der Waals surface area contributed by atoms with Crippen molar-refractivity contribution in [3.05, 3.63) is 28.2 Å². The zero-order chi connectivity index (χ0) is 13.4. The molecule has 0 saturated carbocycles. The van der Waals surface area contributed by atoms with Crippen LogP contribution in [0, 0.1) is 0 Å². The number of nitrogens with two attached hydrogens (primary N) is 1.